The molecule has 110 valence electrons. The summed E-state index contributed by atoms with van der Waals surface area (Å²) in [7, 11) is 1.88. The van der Waals surface area contributed by atoms with Gasteiger partial charge in [-0.2, -0.15) is 0 Å². The molecule has 0 bridgehead atoms. The third-order valence-electron chi connectivity index (χ3n) is 3.96. The normalized spacial score (nSPS) is 13.2. The Labute approximate surface area is 125 Å². The number of halogens is 1. The van der Waals surface area contributed by atoms with E-state index in [-0.39, 0.29) is 12.4 Å². The number of nitrogens with one attached hydrogen (secondary N) is 1. The lowest BCUT2D eigenvalue weighted by Crippen LogP contribution is -2.07. The molecule has 1 N–H and O–H groups in total. The molecular formula is C18H20FNO. The Hall–Kier alpha value is -1.87. The molecule has 1 aliphatic rings. The van der Waals surface area contributed by atoms with E-state index in [1.807, 2.05) is 19.2 Å². The topological polar surface area (TPSA) is 21.3 Å². The van der Waals surface area contributed by atoms with Crippen molar-refractivity contribution in [2.45, 2.75) is 32.4 Å². The van der Waals surface area contributed by atoms with Gasteiger partial charge in [-0.05, 0) is 67.3 Å². The number of benzene rings is 2. The minimum absolute atomic E-state index is 0.212. The van der Waals surface area contributed by atoms with E-state index >= 15 is 0 Å². The second-order valence-corrected chi connectivity index (χ2v) is 5.53. The van der Waals surface area contributed by atoms with Gasteiger partial charge in [0.15, 0.2) is 0 Å². The standard InChI is InChI=1S/C18H20FNO/c1-20-11-13-5-8-18(19)16(9-13)12-21-17-7-6-14-3-2-4-15(14)10-17/h5-10,20H,2-4,11-12H2,1H3. The third kappa shape index (κ3) is 3.24. The summed E-state index contributed by atoms with van der Waals surface area (Å²) in [5.41, 5.74) is 4.45. The van der Waals surface area contributed by atoms with E-state index in [9.17, 15) is 4.39 Å². The predicted molar refractivity (Wildman–Crippen MR) is 82.0 cm³/mol. The van der Waals surface area contributed by atoms with Gasteiger partial charge in [0, 0.05) is 12.1 Å². The maximum Gasteiger partial charge on any atom is 0.129 e. The first kappa shape index (κ1) is 14.1. The summed E-state index contributed by atoms with van der Waals surface area (Å²) in [6, 6.07) is 11.4. The van der Waals surface area contributed by atoms with Gasteiger partial charge in [0.05, 0.1) is 0 Å². The highest BCUT2D eigenvalue weighted by molar-refractivity contribution is 5.38. The Kier molecular flexibility index (Phi) is 4.20. The highest BCUT2D eigenvalue weighted by Crippen LogP contribution is 2.26. The molecule has 0 fully saturated rings. The van der Waals surface area contributed by atoms with Crippen molar-refractivity contribution >= 4 is 0 Å². The zero-order valence-corrected chi connectivity index (χ0v) is 12.3. The van der Waals surface area contributed by atoms with Gasteiger partial charge in [-0.1, -0.05) is 12.1 Å². The summed E-state index contributed by atoms with van der Waals surface area (Å²) >= 11 is 0. The predicted octanol–water partition coefficient (Wildman–Crippen LogP) is 3.61. The number of ether oxygens (including phenoxy) is 1. The van der Waals surface area contributed by atoms with E-state index in [4.69, 9.17) is 4.74 Å². The van der Waals surface area contributed by atoms with Crippen LogP contribution in [-0.2, 0) is 26.0 Å². The fraction of sp³-hybridized carbons (Fsp3) is 0.333. The zero-order valence-electron chi connectivity index (χ0n) is 12.3. The van der Waals surface area contributed by atoms with Crippen LogP contribution in [0.15, 0.2) is 36.4 Å². The molecule has 0 atom stereocenters. The number of fused-ring (bicyclic) bond motifs is 1. The molecule has 0 amide bonds. The SMILES string of the molecule is CNCc1ccc(F)c(COc2ccc3c(c2)CCC3)c1. The van der Waals surface area contributed by atoms with E-state index in [2.05, 4.69) is 17.4 Å². The summed E-state index contributed by atoms with van der Waals surface area (Å²) in [6.07, 6.45) is 3.51. The first-order valence-electron chi connectivity index (χ1n) is 7.43. The average Bonchev–Trinajstić information content (AvgIpc) is 2.95. The molecule has 21 heavy (non-hydrogen) atoms. The Balaban J connectivity index is 1.71. The molecule has 0 unspecified atom stereocenters. The Morgan fingerprint density at radius 2 is 1.95 bits per heavy atom. The molecule has 2 aromatic rings. The van der Waals surface area contributed by atoms with E-state index in [1.165, 1.54) is 23.6 Å². The molecule has 2 nitrogen and oxygen atoms in total. The third-order valence-corrected chi connectivity index (χ3v) is 3.96. The van der Waals surface area contributed by atoms with Crippen molar-refractivity contribution in [2.75, 3.05) is 7.05 Å². The number of rotatable bonds is 5. The molecule has 0 saturated carbocycles. The minimum Gasteiger partial charge on any atom is -0.489 e. The van der Waals surface area contributed by atoms with Crippen LogP contribution in [0.25, 0.3) is 0 Å². The van der Waals surface area contributed by atoms with E-state index in [1.54, 1.807) is 6.07 Å². The lowest BCUT2D eigenvalue weighted by Gasteiger charge is -2.10. The Morgan fingerprint density at radius 3 is 2.81 bits per heavy atom. The van der Waals surface area contributed by atoms with E-state index < -0.39 is 0 Å². The van der Waals surface area contributed by atoms with Gasteiger partial charge in [0.2, 0.25) is 0 Å². The van der Waals surface area contributed by atoms with Crippen molar-refractivity contribution in [2.24, 2.45) is 0 Å². The van der Waals surface area contributed by atoms with Crippen LogP contribution in [0.1, 0.15) is 28.7 Å². The van der Waals surface area contributed by atoms with Crippen LogP contribution in [-0.4, -0.2) is 7.05 Å². The quantitative estimate of drug-likeness (QED) is 0.906. The van der Waals surface area contributed by atoms with Gasteiger partial charge < -0.3 is 10.1 Å². The van der Waals surface area contributed by atoms with Crippen LogP contribution >= 0.6 is 0 Å². The van der Waals surface area contributed by atoms with Crippen molar-refractivity contribution in [1.29, 1.82) is 0 Å². The van der Waals surface area contributed by atoms with Crippen LogP contribution in [0.4, 0.5) is 4.39 Å². The monoisotopic (exact) mass is 285 g/mol. The zero-order chi connectivity index (χ0) is 14.7. The highest BCUT2D eigenvalue weighted by Gasteiger charge is 2.11. The van der Waals surface area contributed by atoms with Crippen LogP contribution in [0.5, 0.6) is 5.75 Å². The maximum absolute atomic E-state index is 13.8. The number of aryl methyl sites for hydroxylation is 2. The molecular weight excluding hydrogens is 265 g/mol. The molecule has 0 radical (unpaired) electrons. The van der Waals surface area contributed by atoms with Gasteiger partial charge in [-0.25, -0.2) is 4.39 Å². The first-order chi connectivity index (χ1) is 10.3. The molecule has 0 aromatic heterocycles. The molecule has 3 heteroatoms. The van der Waals surface area contributed by atoms with Crippen LogP contribution in [0.3, 0.4) is 0 Å². The number of hydrogen-bond acceptors (Lipinski definition) is 2. The highest BCUT2D eigenvalue weighted by atomic mass is 19.1. The molecule has 2 aromatic carbocycles. The molecule has 3 rings (SSSR count). The number of hydrogen-bond donors (Lipinski definition) is 1. The average molecular weight is 285 g/mol. The largest absolute Gasteiger partial charge is 0.489 e. The molecule has 1 aliphatic carbocycles. The first-order valence-corrected chi connectivity index (χ1v) is 7.43. The van der Waals surface area contributed by atoms with E-state index in [0.717, 1.165) is 30.7 Å². The van der Waals surface area contributed by atoms with Crippen molar-refractivity contribution in [1.82, 2.24) is 5.32 Å². The maximum atomic E-state index is 13.8. The van der Waals surface area contributed by atoms with E-state index in [0.29, 0.717) is 5.56 Å². The van der Waals surface area contributed by atoms with Crippen LogP contribution < -0.4 is 10.1 Å². The molecule has 0 saturated heterocycles. The molecule has 0 aliphatic heterocycles. The van der Waals surface area contributed by atoms with Gasteiger partial charge in [0.1, 0.15) is 18.2 Å². The Bertz CT molecular complexity index is 639. The second-order valence-electron chi connectivity index (χ2n) is 5.53. The van der Waals surface area contributed by atoms with Gasteiger partial charge in [-0.3, -0.25) is 0 Å². The molecule has 0 spiro atoms. The Morgan fingerprint density at radius 1 is 1.10 bits per heavy atom. The van der Waals surface area contributed by atoms with Crippen LogP contribution in [0, 0.1) is 5.82 Å². The lowest BCUT2D eigenvalue weighted by atomic mass is 10.1. The van der Waals surface area contributed by atoms with Gasteiger partial charge in [0.25, 0.3) is 0 Å². The second kappa shape index (κ2) is 6.27. The van der Waals surface area contributed by atoms with Crippen molar-refractivity contribution in [3.8, 4) is 5.75 Å². The minimum atomic E-state index is -0.212. The lowest BCUT2D eigenvalue weighted by molar-refractivity contribution is 0.299. The van der Waals surface area contributed by atoms with Gasteiger partial charge >= 0.3 is 0 Å². The van der Waals surface area contributed by atoms with Gasteiger partial charge in [-0.15, -0.1) is 0 Å². The van der Waals surface area contributed by atoms with Crippen molar-refractivity contribution < 1.29 is 9.13 Å². The fourth-order valence-electron chi connectivity index (χ4n) is 2.85. The summed E-state index contributed by atoms with van der Waals surface area (Å²) in [5.74, 6) is 0.616. The fourth-order valence-corrected chi connectivity index (χ4v) is 2.85. The summed E-state index contributed by atoms with van der Waals surface area (Å²) in [5, 5.41) is 3.07. The van der Waals surface area contributed by atoms with Crippen molar-refractivity contribution in [3.63, 3.8) is 0 Å². The summed E-state index contributed by atoms with van der Waals surface area (Å²) < 4.78 is 19.6. The summed E-state index contributed by atoms with van der Waals surface area (Å²) in [4.78, 5) is 0. The van der Waals surface area contributed by atoms with Crippen molar-refractivity contribution in [3.05, 3.63) is 64.5 Å². The smallest absolute Gasteiger partial charge is 0.129 e. The van der Waals surface area contributed by atoms with Crippen LogP contribution in [0.2, 0.25) is 0 Å². The molecule has 0 heterocycles. The summed E-state index contributed by atoms with van der Waals surface area (Å²) in [6.45, 7) is 0.994.